The molecule has 0 atom stereocenters. The minimum absolute atomic E-state index is 0.00783. The topological polar surface area (TPSA) is 34.1 Å². The van der Waals surface area contributed by atoms with Crippen LogP contribution in [0.2, 0.25) is 5.02 Å². The van der Waals surface area contributed by atoms with Crippen molar-refractivity contribution in [3.63, 3.8) is 0 Å². The van der Waals surface area contributed by atoms with E-state index in [2.05, 4.69) is 0 Å². The van der Waals surface area contributed by atoms with E-state index in [0.29, 0.717) is 21.9 Å². The maximum absolute atomic E-state index is 13.3. The molecule has 0 saturated heterocycles. The molecule has 2 heterocycles. The minimum atomic E-state index is -0.305. The van der Waals surface area contributed by atoms with Crippen molar-refractivity contribution in [2.24, 2.45) is 0 Å². The van der Waals surface area contributed by atoms with Gasteiger partial charge in [0.2, 0.25) is 17.9 Å². The number of ketones is 1. The monoisotopic (exact) mass is 416 g/mol. The van der Waals surface area contributed by atoms with Crippen molar-refractivity contribution in [3.8, 4) is 11.3 Å². The number of carbonyl (C=O) groups is 1. The van der Waals surface area contributed by atoms with Crippen molar-refractivity contribution < 1.29 is 18.2 Å². The summed E-state index contributed by atoms with van der Waals surface area (Å²) in [5, 5.41) is 2.19. The molecule has 3 nitrogen and oxygen atoms in total. The number of furan rings is 1. The second-order valence-electron chi connectivity index (χ2n) is 7.08. The molecule has 0 aliphatic rings. The third kappa shape index (κ3) is 3.25. The molecule has 0 bridgehead atoms. The number of aromatic nitrogens is 1. The van der Waals surface area contributed by atoms with Gasteiger partial charge in [-0.05, 0) is 42.5 Å². The van der Waals surface area contributed by atoms with Crippen molar-refractivity contribution in [1.82, 2.24) is 0 Å². The summed E-state index contributed by atoms with van der Waals surface area (Å²) in [5.41, 5.74) is 2.79. The highest BCUT2D eigenvalue weighted by Crippen LogP contribution is 2.35. The first-order chi connectivity index (χ1) is 14.6. The largest absolute Gasteiger partial charge is 0.449 e. The third-order valence-corrected chi connectivity index (χ3v) is 5.44. The maximum Gasteiger partial charge on any atom is 0.258 e. The van der Waals surface area contributed by atoms with E-state index in [1.165, 1.54) is 12.1 Å². The van der Waals surface area contributed by atoms with Gasteiger partial charge in [-0.3, -0.25) is 4.79 Å². The van der Waals surface area contributed by atoms with Gasteiger partial charge in [-0.2, -0.15) is 4.57 Å². The summed E-state index contributed by atoms with van der Waals surface area (Å²) in [6, 6.07) is 22.8. The number of fused-ring (bicyclic) bond motifs is 3. The Morgan fingerprint density at radius 2 is 1.73 bits per heavy atom. The summed E-state index contributed by atoms with van der Waals surface area (Å²) in [5.74, 6) is 0.297. The second-order valence-corrected chi connectivity index (χ2v) is 7.49. The molecule has 0 aliphatic heterocycles. The number of benzene rings is 3. The molecule has 5 rings (SSSR count). The smallest absolute Gasteiger partial charge is 0.258 e. The van der Waals surface area contributed by atoms with Crippen LogP contribution >= 0.6 is 11.6 Å². The number of hydrogen-bond acceptors (Lipinski definition) is 2. The Morgan fingerprint density at radius 3 is 2.50 bits per heavy atom. The van der Waals surface area contributed by atoms with Crippen LogP contribution in [0.4, 0.5) is 4.39 Å². The summed E-state index contributed by atoms with van der Waals surface area (Å²) in [4.78, 5) is 12.8. The van der Waals surface area contributed by atoms with E-state index in [1.54, 1.807) is 24.3 Å². The number of rotatable bonds is 4. The van der Waals surface area contributed by atoms with Crippen molar-refractivity contribution in [1.29, 1.82) is 0 Å². The Bertz CT molecular complexity index is 1390. The lowest BCUT2D eigenvalue weighted by atomic mass is 10.1. The zero-order chi connectivity index (χ0) is 20.7. The average Bonchev–Trinajstić information content (AvgIpc) is 3.19. The normalized spacial score (nSPS) is 11.3. The fourth-order valence-corrected chi connectivity index (χ4v) is 3.94. The van der Waals surface area contributed by atoms with Crippen LogP contribution in [0.25, 0.3) is 33.2 Å². The lowest BCUT2D eigenvalue weighted by molar-refractivity contribution is -0.656. The highest BCUT2D eigenvalue weighted by atomic mass is 35.5. The van der Waals surface area contributed by atoms with Gasteiger partial charge >= 0.3 is 0 Å². The highest BCUT2D eigenvalue weighted by molar-refractivity contribution is 6.36. The predicted octanol–water partition coefficient (Wildman–Crippen LogP) is 6.22. The van der Waals surface area contributed by atoms with Crippen molar-refractivity contribution in [2.45, 2.75) is 6.54 Å². The first kappa shape index (κ1) is 18.5. The predicted molar refractivity (Wildman–Crippen MR) is 115 cm³/mol. The van der Waals surface area contributed by atoms with Gasteiger partial charge < -0.3 is 4.42 Å². The van der Waals surface area contributed by atoms with Gasteiger partial charge in [0.15, 0.2) is 6.20 Å². The lowest BCUT2D eigenvalue weighted by Gasteiger charge is -2.04. The highest BCUT2D eigenvalue weighted by Gasteiger charge is 2.22. The van der Waals surface area contributed by atoms with Gasteiger partial charge in [-0.15, -0.1) is 0 Å². The first-order valence-corrected chi connectivity index (χ1v) is 9.86. The molecule has 0 N–H and O–H groups in total. The number of halogens is 2. The average molecular weight is 417 g/mol. The Balaban J connectivity index is 1.68. The lowest BCUT2D eigenvalue weighted by Crippen LogP contribution is -2.38. The number of pyridine rings is 1. The Morgan fingerprint density at radius 1 is 0.967 bits per heavy atom. The molecule has 0 fully saturated rings. The van der Waals surface area contributed by atoms with Gasteiger partial charge in [0, 0.05) is 22.6 Å². The van der Waals surface area contributed by atoms with E-state index < -0.39 is 0 Å². The molecule has 3 aromatic carbocycles. The SMILES string of the molecule is O=C(C[n+]1cccc2c(Cl)cc3cc(-c4ccc(F)cc4)oc3c21)c1ccccc1. The minimum Gasteiger partial charge on any atom is -0.449 e. The van der Waals surface area contributed by atoms with E-state index in [4.69, 9.17) is 16.0 Å². The maximum atomic E-state index is 13.3. The summed E-state index contributed by atoms with van der Waals surface area (Å²) in [6.07, 6.45) is 1.85. The molecule has 0 amide bonds. The van der Waals surface area contributed by atoms with Crippen molar-refractivity contribution in [2.75, 3.05) is 0 Å². The van der Waals surface area contributed by atoms with Crippen LogP contribution in [0.3, 0.4) is 0 Å². The molecule has 0 radical (unpaired) electrons. The zero-order valence-corrected chi connectivity index (χ0v) is 16.6. The standard InChI is InChI=1S/C25H16ClFNO2/c26-21-13-18-14-23(17-8-10-19(27)11-9-17)30-25(18)24-20(21)7-4-12-28(24)15-22(29)16-5-2-1-3-6-16/h1-14H,15H2/q+1. The summed E-state index contributed by atoms with van der Waals surface area (Å²) in [7, 11) is 0. The fraction of sp³-hybridized carbons (Fsp3) is 0.0400. The van der Waals surface area contributed by atoms with E-state index in [1.807, 2.05) is 53.2 Å². The molecule has 146 valence electrons. The van der Waals surface area contributed by atoms with E-state index in [9.17, 15) is 9.18 Å². The molecule has 0 saturated carbocycles. The van der Waals surface area contributed by atoms with E-state index in [-0.39, 0.29) is 18.1 Å². The first-order valence-electron chi connectivity index (χ1n) is 9.48. The summed E-state index contributed by atoms with van der Waals surface area (Å²) >= 11 is 6.55. The van der Waals surface area contributed by atoms with Crippen LogP contribution in [0.1, 0.15) is 10.4 Å². The van der Waals surface area contributed by atoms with E-state index >= 15 is 0 Å². The Labute approximate surface area is 176 Å². The third-order valence-electron chi connectivity index (χ3n) is 5.13. The van der Waals surface area contributed by atoms with Gasteiger partial charge in [-0.25, -0.2) is 4.39 Å². The quantitative estimate of drug-likeness (QED) is 0.257. The molecule has 5 aromatic rings. The molecule has 2 aromatic heterocycles. The molecule has 0 aliphatic carbocycles. The molecule has 0 unspecified atom stereocenters. The number of Topliss-reactive ketones (excluding diaryl/α,β-unsaturated/α-hetero) is 1. The van der Waals surface area contributed by atoms with Crippen LogP contribution in [0.5, 0.6) is 0 Å². The van der Waals surface area contributed by atoms with Crippen LogP contribution in [0.15, 0.2) is 89.5 Å². The number of hydrogen-bond donors (Lipinski definition) is 0. The van der Waals surface area contributed by atoms with Crippen LogP contribution < -0.4 is 4.57 Å². The van der Waals surface area contributed by atoms with Gasteiger partial charge in [0.25, 0.3) is 5.52 Å². The Hall–Kier alpha value is -3.50. The molecule has 5 heteroatoms. The second kappa shape index (κ2) is 7.39. The summed E-state index contributed by atoms with van der Waals surface area (Å²) < 4.78 is 21.3. The van der Waals surface area contributed by atoms with Gasteiger partial charge in [0.05, 0.1) is 10.4 Å². The molecule has 30 heavy (non-hydrogen) atoms. The van der Waals surface area contributed by atoms with E-state index in [0.717, 1.165) is 21.9 Å². The fourth-order valence-electron chi connectivity index (χ4n) is 3.67. The molecular formula is C25H16ClFNO2+. The van der Waals surface area contributed by atoms with Crippen LogP contribution in [0, 0.1) is 5.82 Å². The summed E-state index contributed by atoms with van der Waals surface area (Å²) in [6.45, 7) is 0.156. The number of nitrogens with zero attached hydrogens (tertiary/aromatic N) is 1. The number of carbonyl (C=O) groups excluding carboxylic acids is 1. The van der Waals surface area contributed by atoms with Crippen LogP contribution in [-0.4, -0.2) is 5.78 Å². The zero-order valence-electron chi connectivity index (χ0n) is 15.8. The van der Waals surface area contributed by atoms with Gasteiger partial charge in [0.1, 0.15) is 11.6 Å². The molecular weight excluding hydrogens is 401 g/mol. The Kier molecular flexibility index (Phi) is 4.57. The van der Waals surface area contributed by atoms with Crippen LogP contribution in [-0.2, 0) is 6.54 Å². The van der Waals surface area contributed by atoms with Crippen molar-refractivity contribution >= 4 is 39.3 Å². The van der Waals surface area contributed by atoms with Gasteiger partial charge in [-0.1, -0.05) is 41.9 Å². The van der Waals surface area contributed by atoms with Crippen molar-refractivity contribution in [3.05, 3.63) is 101 Å². The molecule has 0 spiro atoms.